The molecule has 0 radical (unpaired) electrons. The molecule has 0 spiro atoms. The highest BCUT2D eigenvalue weighted by atomic mass is 35.5. The fraction of sp³-hybridized carbons (Fsp3) is 0.636. The Morgan fingerprint density at radius 3 is 2.53 bits per heavy atom. The van der Waals surface area contributed by atoms with Crippen molar-refractivity contribution in [2.75, 3.05) is 19.6 Å². The number of piperidine rings is 1. The summed E-state index contributed by atoms with van der Waals surface area (Å²) >= 11 is 0. The normalized spacial score (nSPS) is 21.6. The number of carbonyl (C=O) groups is 1. The van der Waals surface area contributed by atoms with Crippen molar-refractivity contribution in [3.05, 3.63) is 35.4 Å². The van der Waals surface area contributed by atoms with Crippen LogP contribution in [0.3, 0.4) is 0 Å². The van der Waals surface area contributed by atoms with Gasteiger partial charge in [-0.3, -0.25) is 4.79 Å². The number of aliphatic hydroxyl groups excluding tert-OH is 1. The minimum Gasteiger partial charge on any atom is -0.393 e. The quantitative estimate of drug-likeness (QED) is 0.584. The smallest absolute Gasteiger partial charge is 0.393 e. The van der Waals surface area contributed by atoms with Gasteiger partial charge in [-0.15, -0.1) is 12.4 Å². The third-order valence-electron chi connectivity index (χ3n) is 5.84. The van der Waals surface area contributed by atoms with Crippen molar-refractivity contribution in [2.45, 2.75) is 69.9 Å². The molecule has 0 atom stereocenters. The second kappa shape index (κ2) is 12.4. The third kappa shape index (κ3) is 8.26. The number of aliphatic hydroxyl groups is 1. The number of alkyl halides is 3. The van der Waals surface area contributed by atoms with Crippen molar-refractivity contribution in [3.8, 4) is 0 Å². The number of carbonyl (C=O) groups excluding carboxylic acids is 1. The molecule has 0 aromatic heterocycles. The maximum atomic E-state index is 12.8. The lowest BCUT2D eigenvalue weighted by atomic mass is 9.93. The molecule has 1 amide bonds. The molecule has 2 N–H and O–H groups in total. The lowest BCUT2D eigenvalue weighted by Gasteiger charge is -2.29. The number of hydrogen-bond acceptors (Lipinski definition) is 5. The van der Waals surface area contributed by atoms with E-state index in [2.05, 4.69) is 10.5 Å². The lowest BCUT2D eigenvalue weighted by molar-refractivity contribution is -0.137. The van der Waals surface area contributed by atoms with Crippen LogP contribution in [0.25, 0.3) is 0 Å². The first-order valence-electron chi connectivity index (χ1n) is 10.8. The lowest BCUT2D eigenvalue weighted by Crippen LogP contribution is -2.41. The highest BCUT2D eigenvalue weighted by molar-refractivity contribution is 5.87. The van der Waals surface area contributed by atoms with Crippen LogP contribution in [0.2, 0.25) is 0 Å². The molecule has 1 aliphatic heterocycles. The Balaban J connectivity index is 0.00000363. The Bertz CT molecular complexity index is 758. The molecule has 1 aliphatic carbocycles. The first-order valence-corrected chi connectivity index (χ1v) is 10.8. The number of halogens is 4. The van der Waals surface area contributed by atoms with Gasteiger partial charge in [-0.1, -0.05) is 17.3 Å². The van der Waals surface area contributed by atoms with Crippen molar-refractivity contribution < 1.29 is 27.9 Å². The number of nitrogens with one attached hydrogen (secondary N) is 1. The monoisotopic (exact) mass is 477 g/mol. The number of hydrogen-bond donors (Lipinski definition) is 2. The molecule has 1 saturated carbocycles. The van der Waals surface area contributed by atoms with Gasteiger partial charge >= 0.3 is 6.18 Å². The topological polar surface area (TPSA) is 74.2 Å². The summed E-state index contributed by atoms with van der Waals surface area (Å²) < 4.78 is 38.3. The molecular formula is C22H31ClF3N3O3. The number of oxime groups is 1. The van der Waals surface area contributed by atoms with Crippen LogP contribution in [0.4, 0.5) is 13.2 Å². The first kappa shape index (κ1) is 26.4. The van der Waals surface area contributed by atoms with Crippen LogP contribution < -0.4 is 5.32 Å². The maximum absolute atomic E-state index is 12.8. The van der Waals surface area contributed by atoms with Crippen LogP contribution in [0.5, 0.6) is 0 Å². The van der Waals surface area contributed by atoms with E-state index < -0.39 is 11.7 Å². The summed E-state index contributed by atoms with van der Waals surface area (Å²) in [5, 5.41) is 17.0. The molecular weight excluding hydrogens is 447 g/mol. The predicted octanol–water partition coefficient (Wildman–Crippen LogP) is 3.91. The van der Waals surface area contributed by atoms with Gasteiger partial charge in [0.05, 0.1) is 17.4 Å². The van der Waals surface area contributed by atoms with Crippen molar-refractivity contribution in [1.29, 1.82) is 0 Å². The highest BCUT2D eigenvalue weighted by Gasteiger charge is 2.30. The predicted molar refractivity (Wildman–Crippen MR) is 118 cm³/mol. The Labute approximate surface area is 192 Å². The summed E-state index contributed by atoms with van der Waals surface area (Å²) in [4.78, 5) is 19.5. The van der Waals surface area contributed by atoms with Gasteiger partial charge in [0.25, 0.3) is 0 Å². The molecule has 0 unspecified atom stereocenters. The van der Waals surface area contributed by atoms with Gasteiger partial charge in [-0.05, 0) is 43.4 Å². The Morgan fingerprint density at radius 2 is 1.88 bits per heavy atom. The van der Waals surface area contributed by atoms with E-state index in [0.29, 0.717) is 50.5 Å². The number of likely N-dealkylation sites (tertiary alicyclic amines) is 1. The van der Waals surface area contributed by atoms with E-state index in [-0.39, 0.29) is 31.0 Å². The van der Waals surface area contributed by atoms with E-state index in [0.717, 1.165) is 43.5 Å². The molecule has 1 saturated heterocycles. The SMILES string of the molecule is Cl.O=C(CCNC1CCC(O)CC1)N1CCC(=NOCc2cccc(C(F)(F)F)c2)CC1. The molecule has 1 aromatic rings. The second-order valence-electron chi connectivity index (χ2n) is 8.22. The molecule has 1 heterocycles. The summed E-state index contributed by atoms with van der Waals surface area (Å²) in [5.41, 5.74) is 0.519. The summed E-state index contributed by atoms with van der Waals surface area (Å²) in [6.45, 7) is 1.75. The van der Waals surface area contributed by atoms with Gasteiger partial charge in [0.2, 0.25) is 5.91 Å². The van der Waals surface area contributed by atoms with Gasteiger partial charge < -0.3 is 20.2 Å². The minimum atomic E-state index is -4.38. The van der Waals surface area contributed by atoms with Gasteiger partial charge in [0.15, 0.2) is 0 Å². The Kier molecular flexibility index (Phi) is 10.2. The number of benzene rings is 1. The van der Waals surface area contributed by atoms with Crippen molar-refractivity contribution in [1.82, 2.24) is 10.2 Å². The average Bonchev–Trinajstić information content (AvgIpc) is 2.75. The first-order chi connectivity index (χ1) is 14.8. The molecule has 32 heavy (non-hydrogen) atoms. The van der Waals surface area contributed by atoms with Gasteiger partial charge in [0, 0.05) is 44.9 Å². The summed E-state index contributed by atoms with van der Waals surface area (Å²) in [5.74, 6) is 0.104. The van der Waals surface area contributed by atoms with Crippen LogP contribution >= 0.6 is 12.4 Å². The van der Waals surface area contributed by atoms with Crippen LogP contribution in [-0.2, 0) is 22.4 Å². The molecule has 1 aromatic carbocycles. The molecule has 10 heteroatoms. The molecule has 3 rings (SSSR count). The molecule has 2 aliphatic rings. The van der Waals surface area contributed by atoms with Gasteiger partial charge in [-0.25, -0.2) is 0 Å². The third-order valence-corrected chi connectivity index (χ3v) is 5.84. The van der Waals surface area contributed by atoms with E-state index in [1.165, 1.54) is 6.07 Å². The standard InChI is InChI=1S/C22H30F3N3O3.ClH/c23-22(24,25)17-3-1-2-16(14-17)15-31-27-19-9-12-28(13-10-19)21(30)8-11-26-18-4-6-20(29)7-5-18;/h1-3,14,18,20,26,29H,4-13,15H2;1H. The van der Waals surface area contributed by atoms with Crippen molar-refractivity contribution in [2.24, 2.45) is 5.16 Å². The average molecular weight is 478 g/mol. The summed E-state index contributed by atoms with van der Waals surface area (Å²) in [7, 11) is 0. The van der Waals surface area contributed by atoms with Gasteiger partial charge in [0.1, 0.15) is 6.61 Å². The van der Waals surface area contributed by atoms with E-state index in [4.69, 9.17) is 4.84 Å². The molecule has 0 bridgehead atoms. The van der Waals surface area contributed by atoms with Crippen LogP contribution in [-0.4, -0.2) is 53.4 Å². The second-order valence-corrected chi connectivity index (χ2v) is 8.22. The number of amides is 1. The van der Waals surface area contributed by atoms with Crippen molar-refractivity contribution in [3.63, 3.8) is 0 Å². The van der Waals surface area contributed by atoms with E-state index in [9.17, 15) is 23.1 Å². The van der Waals surface area contributed by atoms with Crippen molar-refractivity contribution >= 4 is 24.0 Å². The van der Waals surface area contributed by atoms with Crippen LogP contribution in [0.15, 0.2) is 29.4 Å². The van der Waals surface area contributed by atoms with E-state index in [1.807, 2.05) is 4.90 Å². The summed E-state index contributed by atoms with van der Waals surface area (Å²) in [6, 6.07) is 5.39. The minimum absolute atomic E-state index is 0. The number of rotatable bonds is 7. The van der Waals surface area contributed by atoms with Crippen LogP contribution in [0, 0.1) is 0 Å². The zero-order chi connectivity index (χ0) is 22.3. The summed E-state index contributed by atoms with van der Waals surface area (Å²) in [6.07, 6.45) is 0.597. The van der Waals surface area contributed by atoms with Crippen LogP contribution in [0.1, 0.15) is 56.1 Å². The number of nitrogens with zero attached hydrogens (tertiary/aromatic N) is 2. The largest absolute Gasteiger partial charge is 0.416 e. The Hall–Kier alpha value is -1.84. The molecule has 2 fully saturated rings. The zero-order valence-corrected chi connectivity index (χ0v) is 18.8. The van der Waals surface area contributed by atoms with E-state index in [1.54, 1.807) is 6.07 Å². The Morgan fingerprint density at radius 1 is 1.19 bits per heavy atom. The van der Waals surface area contributed by atoms with E-state index >= 15 is 0 Å². The highest BCUT2D eigenvalue weighted by Crippen LogP contribution is 2.29. The van der Waals surface area contributed by atoms with Gasteiger partial charge in [-0.2, -0.15) is 13.2 Å². The maximum Gasteiger partial charge on any atom is 0.416 e. The molecule has 180 valence electrons. The fourth-order valence-electron chi connectivity index (χ4n) is 3.96. The zero-order valence-electron chi connectivity index (χ0n) is 17.9. The molecule has 6 nitrogen and oxygen atoms in total. The fourth-order valence-corrected chi connectivity index (χ4v) is 3.96.